The van der Waals surface area contributed by atoms with Crippen molar-refractivity contribution in [1.82, 2.24) is 10.2 Å². The molecule has 0 unspecified atom stereocenters. The number of aryl methyl sites for hydroxylation is 1. The molecule has 1 aromatic carbocycles. The van der Waals surface area contributed by atoms with Crippen LogP contribution in [0.4, 0.5) is 0 Å². The second kappa shape index (κ2) is 9.95. The summed E-state index contributed by atoms with van der Waals surface area (Å²) >= 11 is 0. The van der Waals surface area contributed by atoms with Crippen molar-refractivity contribution in [2.24, 2.45) is 4.99 Å². The lowest BCUT2D eigenvalue weighted by molar-refractivity contribution is 0.353. The highest BCUT2D eigenvalue weighted by Crippen LogP contribution is 2.24. The highest BCUT2D eigenvalue weighted by Gasteiger charge is 2.40. The van der Waals surface area contributed by atoms with Crippen LogP contribution in [0.15, 0.2) is 23.2 Å². The first-order valence-electron chi connectivity index (χ1n) is 9.09. The van der Waals surface area contributed by atoms with Crippen LogP contribution >= 0.6 is 24.0 Å². The summed E-state index contributed by atoms with van der Waals surface area (Å²) in [6, 6.07) is 6.20. The Hall–Kier alpha value is -1.03. The van der Waals surface area contributed by atoms with E-state index >= 15 is 0 Å². The molecule has 6 nitrogen and oxygen atoms in total. The Labute approximate surface area is 180 Å². The van der Waals surface area contributed by atoms with Gasteiger partial charge in [-0.05, 0) is 51.3 Å². The van der Waals surface area contributed by atoms with Crippen LogP contribution in [-0.4, -0.2) is 63.1 Å². The van der Waals surface area contributed by atoms with E-state index in [2.05, 4.69) is 22.3 Å². The highest BCUT2D eigenvalue weighted by atomic mass is 127. The van der Waals surface area contributed by atoms with Crippen LogP contribution in [0.3, 0.4) is 0 Å². The SMILES string of the molecule is CCNC(=NCCc1ccc(C)c(OC)c1)N1CCS(=O)(=O)C(C)(C)C1.I. The average molecular weight is 509 g/mol. The standard InChI is InChI=1S/C19H31N3O3S.HI/c1-6-20-18(22-11-12-26(23,24)19(3,4)14-22)21-10-9-16-8-7-15(2)17(13-16)25-5;/h7-8,13H,6,9-12,14H2,1-5H3,(H,20,21);1H. The summed E-state index contributed by atoms with van der Waals surface area (Å²) in [5.41, 5.74) is 2.29. The van der Waals surface area contributed by atoms with E-state index in [1.165, 1.54) is 5.56 Å². The van der Waals surface area contributed by atoms with E-state index in [-0.39, 0.29) is 29.7 Å². The van der Waals surface area contributed by atoms with Crippen molar-refractivity contribution in [2.75, 3.05) is 39.0 Å². The summed E-state index contributed by atoms with van der Waals surface area (Å²) in [5.74, 6) is 1.84. The number of benzene rings is 1. The molecular formula is C19H32IN3O3S. The van der Waals surface area contributed by atoms with Crippen LogP contribution in [0.25, 0.3) is 0 Å². The summed E-state index contributed by atoms with van der Waals surface area (Å²) in [6.07, 6.45) is 0.807. The number of sulfone groups is 1. The van der Waals surface area contributed by atoms with E-state index in [0.717, 1.165) is 30.2 Å². The van der Waals surface area contributed by atoms with E-state index in [1.54, 1.807) is 21.0 Å². The first-order valence-corrected chi connectivity index (χ1v) is 10.7. The minimum atomic E-state index is -3.06. The van der Waals surface area contributed by atoms with Gasteiger partial charge in [-0.2, -0.15) is 0 Å². The molecule has 1 heterocycles. The van der Waals surface area contributed by atoms with Crippen LogP contribution < -0.4 is 10.1 Å². The maximum absolute atomic E-state index is 12.2. The van der Waals surface area contributed by atoms with Crippen molar-refractivity contribution < 1.29 is 13.2 Å². The van der Waals surface area contributed by atoms with Crippen LogP contribution in [0.2, 0.25) is 0 Å². The molecule has 1 aliphatic rings. The third kappa shape index (κ3) is 5.97. The van der Waals surface area contributed by atoms with Gasteiger partial charge in [-0.3, -0.25) is 4.99 Å². The molecule has 1 N–H and O–H groups in total. The number of rotatable bonds is 5. The predicted molar refractivity (Wildman–Crippen MR) is 122 cm³/mol. The van der Waals surface area contributed by atoms with Crippen molar-refractivity contribution in [2.45, 2.75) is 38.9 Å². The molecule has 2 rings (SSSR count). The zero-order chi connectivity index (χ0) is 19.4. The molecule has 154 valence electrons. The molecule has 1 fully saturated rings. The molecule has 0 aliphatic carbocycles. The van der Waals surface area contributed by atoms with Gasteiger partial charge >= 0.3 is 0 Å². The third-order valence-electron chi connectivity index (χ3n) is 4.81. The molecule has 27 heavy (non-hydrogen) atoms. The molecule has 0 bridgehead atoms. The summed E-state index contributed by atoms with van der Waals surface area (Å²) < 4.78 is 29.1. The maximum Gasteiger partial charge on any atom is 0.194 e. The topological polar surface area (TPSA) is 71.0 Å². The summed E-state index contributed by atoms with van der Waals surface area (Å²) in [7, 11) is -1.38. The Morgan fingerprint density at radius 1 is 1.37 bits per heavy atom. The second-order valence-electron chi connectivity index (χ2n) is 7.29. The molecule has 0 amide bonds. The van der Waals surface area contributed by atoms with Gasteiger partial charge in [0.25, 0.3) is 0 Å². The fourth-order valence-corrected chi connectivity index (χ4v) is 4.43. The molecule has 0 spiro atoms. The molecule has 0 saturated carbocycles. The van der Waals surface area contributed by atoms with Crippen LogP contribution in [-0.2, 0) is 16.3 Å². The fourth-order valence-electron chi connectivity index (χ4n) is 3.06. The van der Waals surface area contributed by atoms with E-state index in [1.807, 2.05) is 19.9 Å². The number of nitrogens with zero attached hydrogens (tertiary/aromatic N) is 2. The Bertz CT molecular complexity index is 763. The van der Waals surface area contributed by atoms with Crippen molar-refractivity contribution in [3.63, 3.8) is 0 Å². The quantitative estimate of drug-likeness (QED) is 0.376. The lowest BCUT2D eigenvalue weighted by atomic mass is 10.1. The summed E-state index contributed by atoms with van der Waals surface area (Å²) in [4.78, 5) is 6.78. The predicted octanol–water partition coefficient (Wildman–Crippen LogP) is 2.64. The van der Waals surface area contributed by atoms with Gasteiger partial charge in [-0.1, -0.05) is 12.1 Å². The minimum absolute atomic E-state index is 0. The normalized spacial score (nSPS) is 18.6. The number of guanidine groups is 1. The van der Waals surface area contributed by atoms with Crippen molar-refractivity contribution in [3.8, 4) is 5.75 Å². The number of hydrogen-bond donors (Lipinski definition) is 1. The molecule has 8 heteroatoms. The Morgan fingerprint density at radius 2 is 2.07 bits per heavy atom. The van der Waals surface area contributed by atoms with E-state index < -0.39 is 14.6 Å². The minimum Gasteiger partial charge on any atom is -0.496 e. The van der Waals surface area contributed by atoms with Gasteiger partial charge in [0, 0.05) is 26.2 Å². The molecule has 1 saturated heterocycles. The molecule has 0 aromatic heterocycles. The van der Waals surface area contributed by atoms with E-state index in [0.29, 0.717) is 19.6 Å². The van der Waals surface area contributed by atoms with Gasteiger partial charge in [0.2, 0.25) is 0 Å². The van der Waals surface area contributed by atoms with Gasteiger partial charge in [-0.15, -0.1) is 24.0 Å². The van der Waals surface area contributed by atoms with E-state index in [9.17, 15) is 8.42 Å². The number of methoxy groups -OCH3 is 1. The first-order chi connectivity index (χ1) is 12.2. The molecule has 0 atom stereocenters. The largest absolute Gasteiger partial charge is 0.496 e. The van der Waals surface area contributed by atoms with Gasteiger partial charge in [0.15, 0.2) is 15.8 Å². The number of halogens is 1. The van der Waals surface area contributed by atoms with Gasteiger partial charge in [0.05, 0.1) is 17.6 Å². The molecule has 1 aliphatic heterocycles. The zero-order valence-corrected chi connectivity index (χ0v) is 20.1. The fraction of sp³-hybridized carbons (Fsp3) is 0.632. The summed E-state index contributed by atoms with van der Waals surface area (Å²) in [6.45, 7) is 9.95. The maximum atomic E-state index is 12.2. The zero-order valence-electron chi connectivity index (χ0n) is 16.9. The van der Waals surface area contributed by atoms with Gasteiger partial charge in [0.1, 0.15) is 5.75 Å². The monoisotopic (exact) mass is 509 g/mol. The summed E-state index contributed by atoms with van der Waals surface area (Å²) in [5, 5.41) is 3.29. The Balaban J connectivity index is 0.00000364. The van der Waals surface area contributed by atoms with E-state index in [4.69, 9.17) is 9.73 Å². The van der Waals surface area contributed by atoms with Crippen molar-refractivity contribution in [3.05, 3.63) is 29.3 Å². The third-order valence-corrected chi connectivity index (χ3v) is 7.35. The Morgan fingerprint density at radius 3 is 2.67 bits per heavy atom. The number of aliphatic imine (C=N–C) groups is 1. The molecule has 1 aromatic rings. The highest BCUT2D eigenvalue weighted by molar-refractivity contribution is 14.0. The second-order valence-corrected chi connectivity index (χ2v) is 10.0. The Kier molecular flexibility index (Phi) is 8.85. The molecule has 0 radical (unpaired) electrons. The average Bonchev–Trinajstić information content (AvgIpc) is 2.58. The number of hydrogen-bond acceptors (Lipinski definition) is 4. The van der Waals surface area contributed by atoms with Gasteiger partial charge in [-0.25, -0.2) is 8.42 Å². The van der Waals surface area contributed by atoms with Crippen LogP contribution in [0.5, 0.6) is 5.75 Å². The number of nitrogens with one attached hydrogen (secondary N) is 1. The van der Waals surface area contributed by atoms with Crippen LogP contribution in [0.1, 0.15) is 31.9 Å². The van der Waals surface area contributed by atoms with Crippen molar-refractivity contribution >= 4 is 39.8 Å². The lowest BCUT2D eigenvalue weighted by Crippen LogP contribution is -2.57. The molecular weight excluding hydrogens is 477 g/mol. The van der Waals surface area contributed by atoms with Gasteiger partial charge < -0.3 is 15.0 Å². The first kappa shape index (κ1) is 24.0. The van der Waals surface area contributed by atoms with Crippen molar-refractivity contribution in [1.29, 1.82) is 0 Å². The number of ether oxygens (including phenoxy) is 1. The lowest BCUT2D eigenvalue weighted by Gasteiger charge is -2.39. The van der Waals surface area contributed by atoms with Crippen LogP contribution in [0, 0.1) is 6.92 Å². The smallest absolute Gasteiger partial charge is 0.194 e.